The Morgan fingerprint density at radius 2 is 1.94 bits per heavy atom. The zero-order valence-electron chi connectivity index (χ0n) is 9.26. The summed E-state index contributed by atoms with van der Waals surface area (Å²) in [5, 5.41) is 9.99. The maximum Gasteiger partial charge on any atom is 0.176 e. The molecule has 1 aliphatic carbocycles. The van der Waals surface area contributed by atoms with E-state index in [-0.39, 0.29) is 5.76 Å². The van der Waals surface area contributed by atoms with E-state index in [1.807, 2.05) is 48.6 Å². The van der Waals surface area contributed by atoms with E-state index in [0.717, 1.165) is 23.3 Å². The summed E-state index contributed by atoms with van der Waals surface area (Å²) in [4.78, 5) is 0. The molecule has 0 fully saturated rings. The van der Waals surface area contributed by atoms with Crippen LogP contribution in [0, 0.1) is 0 Å². The van der Waals surface area contributed by atoms with Gasteiger partial charge < -0.3 is 9.84 Å². The van der Waals surface area contributed by atoms with E-state index in [1.165, 1.54) is 0 Å². The van der Waals surface area contributed by atoms with Crippen LogP contribution in [-0.2, 0) is 4.74 Å². The second-order valence-electron chi connectivity index (χ2n) is 4.02. The molecule has 84 valence electrons. The van der Waals surface area contributed by atoms with Gasteiger partial charge in [-0.3, -0.25) is 0 Å². The third-order valence-electron chi connectivity index (χ3n) is 2.83. The first-order valence-electron chi connectivity index (χ1n) is 5.59. The summed E-state index contributed by atoms with van der Waals surface area (Å²) >= 11 is 0. The number of fused-ring (bicyclic) bond motifs is 1. The minimum atomic E-state index is 0.193. The van der Waals surface area contributed by atoms with Gasteiger partial charge in [-0.25, -0.2) is 0 Å². The molecule has 1 aromatic carbocycles. The summed E-state index contributed by atoms with van der Waals surface area (Å²) in [5.41, 5.74) is 1.90. The van der Waals surface area contributed by atoms with Gasteiger partial charge in [0.2, 0.25) is 0 Å². The predicted octanol–water partition coefficient (Wildman–Crippen LogP) is 3.71. The van der Waals surface area contributed by atoms with Gasteiger partial charge in [-0.15, -0.1) is 0 Å². The molecule has 3 rings (SSSR count). The monoisotopic (exact) mass is 224 g/mol. The Morgan fingerprint density at radius 3 is 2.76 bits per heavy atom. The second kappa shape index (κ2) is 3.98. The minimum absolute atomic E-state index is 0.193. The van der Waals surface area contributed by atoms with Crippen LogP contribution in [-0.4, -0.2) is 5.11 Å². The first kappa shape index (κ1) is 9.97. The molecule has 17 heavy (non-hydrogen) atoms. The van der Waals surface area contributed by atoms with E-state index >= 15 is 0 Å². The lowest BCUT2D eigenvalue weighted by molar-refractivity contribution is 0.337. The number of benzene rings is 1. The molecule has 1 N–H and O–H groups in total. The molecule has 0 radical (unpaired) electrons. The van der Waals surface area contributed by atoms with Gasteiger partial charge in [0.25, 0.3) is 0 Å². The fourth-order valence-corrected chi connectivity index (χ4v) is 1.98. The number of aliphatic hydroxyl groups is 1. The molecule has 0 bridgehead atoms. The predicted molar refractivity (Wildman–Crippen MR) is 67.0 cm³/mol. The van der Waals surface area contributed by atoms with Gasteiger partial charge >= 0.3 is 0 Å². The van der Waals surface area contributed by atoms with Crippen LogP contribution in [0.25, 0.3) is 5.76 Å². The van der Waals surface area contributed by atoms with Crippen LogP contribution in [0.15, 0.2) is 71.7 Å². The van der Waals surface area contributed by atoms with Crippen LogP contribution in [0.4, 0.5) is 0 Å². The lowest BCUT2D eigenvalue weighted by atomic mass is 10.0. The minimum Gasteiger partial charge on any atom is -0.504 e. The Bertz CT molecular complexity index is 560. The number of rotatable bonds is 1. The van der Waals surface area contributed by atoms with Crippen molar-refractivity contribution in [3.63, 3.8) is 0 Å². The van der Waals surface area contributed by atoms with E-state index in [0.29, 0.717) is 5.76 Å². The maximum atomic E-state index is 9.99. The lowest BCUT2D eigenvalue weighted by Crippen LogP contribution is -2.06. The molecule has 2 heteroatoms. The third kappa shape index (κ3) is 1.78. The number of aliphatic hydroxyl groups excluding tert-OH is 1. The van der Waals surface area contributed by atoms with Crippen LogP contribution in [0.1, 0.15) is 12.0 Å². The highest BCUT2D eigenvalue weighted by Crippen LogP contribution is 2.34. The van der Waals surface area contributed by atoms with Crippen molar-refractivity contribution in [2.24, 2.45) is 0 Å². The molecule has 0 saturated carbocycles. The Kier molecular flexibility index (Phi) is 2.33. The zero-order valence-corrected chi connectivity index (χ0v) is 9.26. The summed E-state index contributed by atoms with van der Waals surface area (Å²) in [7, 11) is 0. The van der Waals surface area contributed by atoms with E-state index in [9.17, 15) is 5.11 Å². The topological polar surface area (TPSA) is 29.5 Å². The van der Waals surface area contributed by atoms with E-state index in [2.05, 4.69) is 0 Å². The number of ether oxygens (including phenoxy) is 1. The summed E-state index contributed by atoms with van der Waals surface area (Å²) in [5.74, 6) is 1.54. The average molecular weight is 224 g/mol. The normalized spacial score (nSPS) is 18.1. The summed E-state index contributed by atoms with van der Waals surface area (Å²) in [6.45, 7) is 0. The zero-order chi connectivity index (χ0) is 11.7. The first-order chi connectivity index (χ1) is 8.34. The van der Waals surface area contributed by atoms with Crippen molar-refractivity contribution in [2.45, 2.75) is 6.42 Å². The highest BCUT2D eigenvalue weighted by atomic mass is 16.5. The Morgan fingerprint density at radius 1 is 1.12 bits per heavy atom. The van der Waals surface area contributed by atoms with Gasteiger partial charge in [-0.2, -0.15) is 0 Å². The van der Waals surface area contributed by atoms with Crippen molar-refractivity contribution in [1.29, 1.82) is 0 Å². The molecule has 2 aliphatic rings. The summed E-state index contributed by atoms with van der Waals surface area (Å²) < 4.78 is 5.76. The molecular weight excluding hydrogens is 212 g/mol. The molecule has 1 aliphatic heterocycles. The SMILES string of the molecule is OC1=C(c2ccccc2)OC2=CC=CCC2=C1. The van der Waals surface area contributed by atoms with Gasteiger partial charge in [-0.1, -0.05) is 42.5 Å². The van der Waals surface area contributed by atoms with Gasteiger partial charge in [0.1, 0.15) is 5.76 Å². The summed E-state index contributed by atoms with van der Waals surface area (Å²) in [6, 6.07) is 9.63. The molecule has 1 heterocycles. The fourth-order valence-electron chi connectivity index (χ4n) is 1.98. The standard InChI is InChI=1S/C15H12O2/c16-13-10-12-8-4-5-9-14(12)17-15(13)11-6-2-1-3-7-11/h1-7,9-10,16H,8H2. The molecule has 0 spiro atoms. The fraction of sp³-hybridized carbons (Fsp3) is 0.0667. The van der Waals surface area contributed by atoms with Crippen molar-refractivity contribution in [2.75, 3.05) is 0 Å². The van der Waals surface area contributed by atoms with Crippen molar-refractivity contribution in [3.05, 3.63) is 77.3 Å². The van der Waals surface area contributed by atoms with Crippen molar-refractivity contribution >= 4 is 5.76 Å². The number of allylic oxidation sites excluding steroid dienone is 5. The molecule has 1 aromatic rings. The third-order valence-corrected chi connectivity index (χ3v) is 2.83. The average Bonchev–Trinajstić information content (AvgIpc) is 2.39. The Hall–Kier alpha value is -2.22. The van der Waals surface area contributed by atoms with Gasteiger partial charge in [0.15, 0.2) is 11.5 Å². The highest BCUT2D eigenvalue weighted by molar-refractivity contribution is 5.68. The Labute approximate surface area is 99.9 Å². The molecular formula is C15H12O2. The number of hydrogen-bond acceptors (Lipinski definition) is 2. The lowest BCUT2D eigenvalue weighted by Gasteiger charge is -2.22. The number of hydrogen-bond donors (Lipinski definition) is 1. The smallest absolute Gasteiger partial charge is 0.176 e. The van der Waals surface area contributed by atoms with Gasteiger partial charge in [-0.05, 0) is 18.6 Å². The van der Waals surface area contributed by atoms with E-state index in [4.69, 9.17) is 4.74 Å². The van der Waals surface area contributed by atoms with Crippen molar-refractivity contribution in [1.82, 2.24) is 0 Å². The van der Waals surface area contributed by atoms with Crippen LogP contribution in [0.3, 0.4) is 0 Å². The van der Waals surface area contributed by atoms with Crippen LogP contribution < -0.4 is 0 Å². The molecule has 2 nitrogen and oxygen atoms in total. The van der Waals surface area contributed by atoms with Crippen LogP contribution >= 0.6 is 0 Å². The Balaban J connectivity index is 2.05. The quantitative estimate of drug-likeness (QED) is 0.787. The van der Waals surface area contributed by atoms with Crippen molar-refractivity contribution in [3.8, 4) is 0 Å². The molecule has 0 unspecified atom stereocenters. The first-order valence-corrected chi connectivity index (χ1v) is 5.59. The summed E-state index contributed by atoms with van der Waals surface area (Å²) in [6.07, 6.45) is 8.51. The van der Waals surface area contributed by atoms with E-state index in [1.54, 1.807) is 6.08 Å². The second-order valence-corrected chi connectivity index (χ2v) is 4.02. The molecule has 0 atom stereocenters. The van der Waals surface area contributed by atoms with E-state index < -0.39 is 0 Å². The molecule has 0 saturated heterocycles. The highest BCUT2D eigenvalue weighted by Gasteiger charge is 2.20. The van der Waals surface area contributed by atoms with Gasteiger partial charge in [0, 0.05) is 11.1 Å². The largest absolute Gasteiger partial charge is 0.504 e. The molecule has 0 aromatic heterocycles. The maximum absolute atomic E-state index is 9.99. The van der Waals surface area contributed by atoms with Crippen LogP contribution in [0.2, 0.25) is 0 Å². The van der Waals surface area contributed by atoms with Crippen LogP contribution in [0.5, 0.6) is 0 Å². The van der Waals surface area contributed by atoms with Crippen molar-refractivity contribution < 1.29 is 9.84 Å². The molecule has 0 amide bonds. The van der Waals surface area contributed by atoms with Gasteiger partial charge in [0.05, 0.1) is 0 Å².